The van der Waals surface area contributed by atoms with Crippen LogP contribution in [0.15, 0.2) is 46.7 Å². The number of nitrogens with zero attached hydrogens (tertiary/aromatic N) is 4. The van der Waals surface area contributed by atoms with Gasteiger partial charge in [0.25, 0.3) is 5.69 Å². The highest BCUT2D eigenvalue weighted by Gasteiger charge is 2.31. The maximum absolute atomic E-state index is 13.0. The molecule has 0 saturated carbocycles. The summed E-state index contributed by atoms with van der Waals surface area (Å²) in [5.74, 6) is 0. The van der Waals surface area contributed by atoms with Crippen molar-refractivity contribution in [1.29, 1.82) is 0 Å². The van der Waals surface area contributed by atoms with Crippen LogP contribution in [0, 0.1) is 24.0 Å². The maximum atomic E-state index is 13.0. The van der Waals surface area contributed by atoms with Crippen LogP contribution in [0.4, 0.5) is 10.8 Å². The van der Waals surface area contributed by atoms with Crippen molar-refractivity contribution in [2.45, 2.75) is 25.2 Å². The number of sulfonamides is 1. The van der Waals surface area contributed by atoms with Gasteiger partial charge in [-0.1, -0.05) is 29.8 Å². The topological polar surface area (TPSA) is 96.7 Å². The lowest BCUT2D eigenvalue weighted by atomic mass is 10.0. The van der Waals surface area contributed by atoms with Crippen LogP contribution < -0.4 is 4.90 Å². The fourth-order valence-electron chi connectivity index (χ4n) is 3.71. The Kier molecular flexibility index (Phi) is 6.71. The number of nitro groups is 1. The molecule has 33 heavy (non-hydrogen) atoms. The van der Waals surface area contributed by atoms with E-state index in [2.05, 4.69) is 36.9 Å². The fraction of sp³-hybridized carbons (Fsp3) is 0.318. The smallest absolute Gasteiger partial charge is 0.289 e. The van der Waals surface area contributed by atoms with Gasteiger partial charge in [0, 0.05) is 44.0 Å². The van der Waals surface area contributed by atoms with Gasteiger partial charge in [-0.05, 0) is 42.7 Å². The van der Waals surface area contributed by atoms with E-state index in [4.69, 9.17) is 16.6 Å². The Balaban J connectivity index is 1.42. The number of aromatic nitrogens is 1. The molecule has 11 heteroatoms. The van der Waals surface area contributed by atoms with Gasteiger partial charge < -0.3 is 4.90 Å². The first-order chi connectivity index (χ1) is 15.6. The quantitative estimate of drug-likeness (QED) is 0.362. The average molecular weight is 507 g/mol. The SMILES string of the molecule is Cc1ccc(Cc2csc(N3CCN(S(=O)(=O)c4ccc(Cl)c([N+](=O)[O-])c4)CC3)n2)cc1C. The van der Waals surface area contributed by atoms with Crippen molar-refractivity contribution in [3.05, 3.63) is 79.3 Å². The van der Waals surface area contributed by atoms with Crippen LogP contribution in [0.5, 0.6) is 0 Å². The standard InChI is InChI=1S/C22H23ClN4O4S2/c1-15-3-4-17(11-16(15)2)12-18-14-32-22(24-18)25-7-9-26(10-8-25)33(30,31)19-5-6-20(23)21(13-19)27(28)29/h3-6,11,13-14H,7-10,12H2,1-2H3. The number of anilines is 1. The summed E-state index contributed by atoms with van der Waals surface area (Å²) in [5.41, 5.74) is 4.30. The van der Waals surface area contributed by atoms with Crippen LogP contribution in [0.2, 0.25) is 5.02 Å². The molecule has 1 saturated heterocycles. The molecule has 1 aliphatic heterocycles. The molecule has 0 atom stereocenters. The van der Waals surface area contributed by atoms with Gasteiger partial charge in [0.2, 0.25) is 10.0 Å². The predicted octanol–water partition coefficient (Wildman–Crippen LogP) is 4.42. The number of halogens is 1. The third-order valence-corrected chi connectivity index (χ3v) is 8.92. The van der Waals surface area contributed by atoms with Crippen molar-refractivity contribution >= 4 is 43.8 Å². The molecule has 4 rings (SSSR count). The Morgan fingerprint density at radius 3 is 2.48 bits per heavy atom. The first-order valence-electron chi connectivity index (χ1n) is 10.3. The van der Waals surface area contributed by atoms with E-state index in [0.717, 1.165) is 23.3 Å². The molecule has 1 aromatic heterocycles. The molecule has 8 nitrogen and oxygen atoms in total. The van der Waals surface area contributed by atoms with E-state index in [1.54, 1.807) is 11.3 Å². The highest BCUT2D eigenvalue weighted by atomic mass is 35.5. The van der Waals surface area contributed by atoms with Crippen LogP contribution in [-0.2, 0) is 16.4 Å². The third kappa shape index (κ3) is 5.03. The van der Waals surface area contributed by atoms with E-state index >= 15 is 0 Å². The summed E-state index contributed by atoms with van der Waals surface area (Å²) in [7, 11) is -3.86. The molecular weight excluding hydrogens is 484 g/mol. The van der Waals surface area contributed by atoms with Gasteiger partial charge in [0.1, 0.15) is 5.02 Å². The van der Waals surface area contributed by atoms with E-state index in [1.807, 2.05) is 5.38 Å². The van der Waals surface area contributed by atoms with Crippen molar-refractivity contribution in [2.24, 2.45) is 0 Å². The minimum absolute atomic E-state index is 0.0934. The number of thiazole rings is 1. The first-order valence-corrected chi connectivity index (χ1v) is 13.0. The number of rotatable bonds is 6. The molecule has 0 unspecified atom stereocenters. The lowest BCUT2D eigenvalue weighted by Crippen LogP contribution is -2.48. The van der Waals surface area contributed by atoms with Gasteiger partial charge in [-0.25, -0.2) is 13.4 Å². The highest BCUT2D eigenvalue weighted by Crippen LogP contribution is 2.30. The van der Waals surface area contributed by atoms with Gasteiger partial charge in [-0.2, -0.15) is 4.31 Å². The van der Waals surface area contributed by atoms with Crippen LogP contribution in [0.25, 0.3) is 0 Å². The lowest BCUT2D eigenvalue weighted by Gasteiger charge is -2.33. The van der Waals surface area contributed by atoms with Crippen LogP contribution in [-0.4, -0.2) is 48.8 Å². The number of benzene rings is 2. The minimum Gasteiger partial charge on any atom is -0.345 e. The Morgan fingerprint density at radius 1 is 1.09 bits per heavy atom. The van der Waals surface area contributed by atoms with Crippen molar-refractivity contribution in [2.75, 3.05) is 31.1 Å². The zero-order valence-electron chi connectivity index (χ0n) is 18.2. The zero-order valence-corrected chi connectivity index (χ0v) is 20.6. The average Bonchev–Trinajstić information content (AvgIpc) is 3.25. The van der Waals surface area contributed by atoms with Gasteiger partial charge in [-0.3, -0.25) is 10.1 Å². The molecule has 174 valence electrons. The van der Waals surface area contributed by atoms with Crippen molar-refractivity contribution in [3.8, 4) is 0 Å². The second-order valence-electron chi connectivity index (χ2n) is 7.98. The Labute approximate surface area is 201 Å². The monoisotopic (exact) mass is 506 g/mol. The molecule has 0 amide bonds. The highest BCUT2D eigenvalue weighted by molar-refractivity contribution is 7.89. The van der Waals surface area contributed by atoms with Gasteiger partial charge in [-0.15, -0.1) is 11.3 Å². The molecule has 1 fully saturated rings. The van der Waals surface area contributed by atoms with Crippen LogP contribution >= 0.6 is 22.9 Å². The summed E-state index contributed by atoms with van der Waals surface area (Å²) in [6.07, 6.45) is 0.751. The lowest BCUT2D eigenvalue weighted by molar-refractivity contribution is -0.384. The Morgan fingerprint density at radius 2 is 1.82 bits per heavy atom. The van der Waals surface area contributed by atoms with Crippen molar-refractivity contribution < 1.29 is 13.3 Å². The maximum Gasteiger partial charge on any atom is 0.289 e. The van der Waals surface area contributed by atoms with E-state index in [1.165, 1.54) is 33.1 Å². The first kappa shape index (κ1) is 23.6. The molecule has 2 aromatic carbocycles. The van der Waals surface area contributed by atoms with Crippen molar-refractivity contribution in [3.63, 3.8) is 0 Å². The summed E-state index contributed by atoms with van der Waals surface area (Å²) in [6.45, 7) is 5.71. The number of hydrogen-bond acceptors (Lipinski definition) is 7. The summed E-state index contributed by atoms with van der Waals surface area (Å²) in [6, 6.07) is 9.98. The molecule has 2 heterocycles. The summed E-state index contributed by atoms with van der Waals surface area (Å²) in [5, 5.41) is 13.9. The molecule has 0 radical (unpaired) electrons. The Bertz CT molecular complexity index is 1300. The summed E-state index contributed by atoms with van der Waals surface area (Å²) < 4.78 is 27.4. The summed E-state index contributed by atoms with van der Waals surface area (Å²) >= 11 is 7.37. The number of aryl methyl sites for hydroxylation is 2. The van der Waals surface area contributed by atoms with E-state index in [0.29, 0.717) is 13.1 Å². The molecule has 0 bridgehead atoms. The molecule has 0 spiro atoms. The van der Waals surface area contributed by atoms with Crippen LogP contribution in [0.3, 0.4) is 0 Å². The van der Waals surface area contributed by atoms with E-state index in [-0.39, 0.29) is 23.0 Å². The molecular formula is C22H23ClN4O4S2. The molecule has 1 aliphatic rings. The molecule has 3 aromatic rings. The second kappa shape index (κ2) is 9.38. The largest absolute Gasteiger partial charge is 0.345 e. The second-order valence-corrected chi connectivity index (χ2v) is 11.2. The van der Waals surface area contributed by atoms with E-state index < -0.39 is 20.6 Å². The zero-order chi connectivity index (χ0) is 23.8. The van der Waals surface area contributed by atoms with Crippen LogP contribution in [0.1, 0.15) is 22.4 Å². The molecule has 0 N–H and O–H groups in total. The number of hydrogen-bond donors (Lipinski definition) is 0. The number of piperazine rings is 1. The van der Waals surface area contributed by atoms with Gasteiger partial charge >= 0.3 is 0 Å². The van der Waals surface area contributed by atoms with E-state index in [9.17, 15) is 18.5 Å². The minimum atomic E-state index is -3.86. The number of nitro benzene ring substituents is 1. The van der Waals surface area contributed by atoms with Crippen molar-refractivity contribution in [1.82, 2.24) is 9.29 Å². The molecule has 0 aliphatic carbocycles. The Hall–Kier alpha value is -2.53. The van der Waals surface area contributed by atoms with Gasteiger partial charge in [0.15, 0.2) is 5.13 Å². The van der Waals surface area contributed by atoms with Gasteiger partial charge in [0.05, 0.1) is 15.5 Å². The summed E-state index contributed by atoms with van der Waals surface area (Å²) in [4.78, 5) is 17.1. The normalized spacial score (nSPS) is 15.1. The fourth-order valence-corrected chi connectivity index (χ4v) is 6.22. The predicted molar refractivity (Wildman–Crippen MR) is 130 cm³/mol. The third-order valence-electron chi connectivity index (χ3n) is 5.76.